The van der Waals surface area contributed by atoms with Gasteiger partial charge in [-0.1, -0.05) is 13.8 Å². The minimum atomic E-state index is -5.15. The van der Waals surface area contributed by atoms with Gasteiger partial charge in [0.15, 0.2) is 0 Å². The number of rotatable bonds is 4. The average molecular weight is 446 g/mol. The lowest BCUT2D eigenvalue weighted by atomic mass is 10.1. The summed E-state index contributed by atoms with van der Waals surface area (Å²) < 4.78 is 104. The van der Waals surface area contributed by atoms with Gasteiger partial charge in [0.25, 0.3) is 0 Å². The maximum Gasteiger partial charge on any atom is 0.416 e. The first-order valence-electron chi connectivity index (χ1n) is 8.70. The Labute approximate surface area is 164 Å². The molecule has 0 bridgehead atoms. The van der Waals surface area contributed by atoms with Crippen molar-refractivity contribution in [2.45, 2.75) is 37.5 Å². The molecule has 2 rings (SSSR count). The third-order valence-electron chi connectivity index (χ3n) is 4.37. The van der Waals surface area contributed by atoms with Gasteiger partial charge >= 0.3 is 12.4 Å². The minimum absolute atomic E-state index is 0.00979. The largest absolute Gasteiger partial charge is 0.416 e. The van der Waals surface area contributed by atoms with E-state index in [1.54, 1.807) is 0 Å². The van der Waals surface area contributed by atoms with Crippen molar-refractivity contribution in [2.75, 3.05) is 26.2 Å². The van der Waals surface area contributed by atoms with E-state index >= 15 is 0 Å². The van der Waals surface area contributed by atoms with Gasteiger partial charge in [0, 0.05) is 32.6 Å². The molecular weight excluding hydrogens is 426 g/mol. The molecule has 12 heteroatoms. The fraction of sp³-hybridized carbons (Fsp3) is 0.588. The van der Waals surface area contributed by atoms with E-state index in [-0.39, 0.29) is 62.6 Å². The lowest BCUT2D eigenvalue weighted by molar-refractivity contribution is -0.143. The number of sulfonamides is 1. The van der Waals surface area contributed by atoms with Crippen molar-refractivity contribution in [3.63, 3.8) is 0 Å². The highest BCUT2D eigenvalue weighted by atomic mass is 32.2. The maximum atomic E-state index is 13.0. The molecule has 0 radical (unpaired) electrons. The number of alkyl halides is 6. The summed E-state index contributed by atoms with van der Waals surface area (Å²) in [4.78, 5) is 12.4. The molecular formula is C17H20F6N2O3S. The Hall–Kier alpha value is -1.82. The van der Waals surface area contributed by atoms with E-state index in [9.17, 15) is 39.6 Å². The van der Waals surface area contributed by atoms with Crippen molar-refractivity contribution in [3.05, 3.63) is 29.3 Å². The van der Waals surface area contributed by atoms with Crippen LogP contribution in [0.15, 0.2) is 23.1 Å². The molecule has 0 spiro atoms. The molecule has 1 fully saturated rings. The first-order chi connectivity index (χ1) is 13.1. The molecule has 1 heterocycles. The molecule has 1 saturated heterocycles. The summed E-state index contributed by atoms with van der Waals surface area (Å²) in [5.74, 6) is -0.0920. The molecule has 0 aromatic heterocycles. The molecule has 0 aliphatic carbocycles. The van der Waals surface area contributed by atoms with E-state index in [0.29, 0.717) is 0 Å². The summed E-state index contributed by atoms with van der Waals surface area (Å²) in [5.41, 5.74) is -3.40. The van der Waals surface area contributed by atoms with E-state index < -0.39 is 38.4 Å². The quantitative estimate of drug-likeness (QED) is 0.665. The first kappa shape index (κ1) is 23.5. The lowest BCUT2D eigenvalue weighted by Crippen LogP contribution is -2.50. The third-order valence-corrected chi connectivity index (χ3v) is 6.25. The Bertz CT molecular complexity index is 825. The Morgan fingerprint density at radius 3 is 1.76 bits per heavy atom. The van der Waals surface area contributed by atoms with E-state index in [0.717, 1.165) is 4.31 Å². The summed E-state index contributed by atoms with van der Waals surface area (Å²) >= 11 is 0. The predicted octanol–water partition coefficient (Wildman–Crippen LogP) is 3.60. The topological polar surface area (TPSA) is 57.7 Å². The van der Waals surface area contributed by atoms with Crippen molar-refractivity contribution in [1.82, 2.24) is 9.21 Å². The number of amides is 1. The molecule has 1 aromatic carbocycles. The lowest BCUT2D eigenvalue weighted by Gasteiger charge is -2.34. The van der Waals surface area contributed by atoms with Crippen LogP contribution in [0.3, 0.4) is 0 Å². The van der Waals surface area contributed by atoms with E-state index in [4.69, 9.17) is 0 Å². The van der Waals surface area contributed by atoms with Crippen LogP contribution in [0.4, 0.5) is 26.3 Å². The molecule has 164 valence electrons. The molecule has 0 N–H and O–H groups in total. The van der Waals surface area contributed by atoms with E-state index in [2.05, 4.69) is 0 Å². The summed E-state index contributed by atoms with van der Waals surface area (Å²) in [6, 6.07) is 0.267. The molecule has 1 aliphatic rings. The first-order valence-corrected chi connectivity index (χ1v) is 10.1. The zero-order valence-electron chi connectivity index (χ0n) is 15.6. The number of carbonyl (C=O) groups is 1. The third kappa shape index (κ3) is 5.62. The van der Waals surface area contributed by atoms with Crippen LogP contribution in [-0.4, -0.2) is 49.7 Å². The van der Waals surface area contributed by atoms with Crippen LogP contribution in [-0.2, 0) is 27.2 Å². The second-order valence-corrected chi connectivity index (χ2v) is 9.06. The highest BCUT2D eigenvalue weighted by molar-refractivity contribution is 7.89. The summed E-state index contributed by atoms with van der Waals surface area (Å²) in [6.45, 7) is 3.26. The van der Waals surface area contributed by atoms with Gasteiger partial charge in [-0.25, -0.2) is 8.42 Å². The van der Waals surface area contributed by atoms with Crippen molar-refractivity contribution < 1.29 is 39.6 Å². The van der Waals surface area contributed by atoms with Gasteiger partial charge < -0.3 is 4.90 Å². The van der Waals surface area contributed by atoms with Crippen molar-refractivity contribution in [2.24, 2.45) is 5.92 Å². The van der Waals surface area contributed by atoms with Crippen LogP contribution in [0.1, 0.15) is 31.4 Å². The van der Waals surface area contributed by atoms with Crippen LogP contribution >= 0.6 is 0 Å². The Morgan fingerprint density at radius 2 is 1.38 bits per heavy atom. The van der Waals surface area contributed by atoms with Crippen LogP contribution in [0.5, 0.6) is 0 Å². The molecule has 1 aliphatic heterocycles. The van der Waals surface area contributed by atoms with Crippen LogP contribution in [0.25, 0.3) is 0 Å². The number of piperazine rings is 1. The van der Waals surface area contributed by atoms with Gasteiger partial charge in [0.05, 0.1) is 16.0 Å². The van der Waals surface area contributed by atoms with Crippen molar-refractivity contribution in [3.8, 4) is 0 Å². The molecule has 1 aromatic rings. The number of carbonyl (C=O) groups excluding carboxylic acids is 1. The molecule has 29 heavy (non-hydrogen) atoms. The normalized spacial score (nSPS) is 17.1. The number of nitrogens with zero attached hydrogens (tertiary/aromatic N) is 2. The zero-order valence-corrected chi connectivity index (χ0v) is 16.5. The van der Waals surface area contributed by atoms with Gasteiger partial charge in [-0.3, -0.25) is 4.79 Å². The maximum absolute atomic E-state index is 13.0. The molecule has 0 unspecified atom stereocenters. The minimum Gasteiger partial charge on any atom is -0.340 e. The Balaban J connectivity index is 2.31. The smallest absolute Gasteiger partial charge is 0.340 e. The van der Waals surface area contributed by atoms with Crippen molar-refractivity contribution in [1.29, 1.82) is 0 Å². The van der Waals surface area contributed by atoms with E-state index in [1.165, 1.54) is 4.90 Å². The van der Waals surface area contributed by atoms with Gasteiger partial charge in [0.1, 0.15) is 0 Å². The summed E-state index contributed by atoms with van der Waals surface area (Å²) in [5, 5.41) is 0. The SMILES string of the molecule is CC(C)CC(=O)N1CCN(S(=O)(=O)c2cc(C(F)(F)F)cc(C(F)(F)F)c2)CC1. The fourth-order valence-electron chi connectivity index (χ4n) is 2.88. The monoisotopic (exact) mass is 446 g/mol. The highest BCUT2D eigenvalue weighted by Gasteiger charge is 2.39. The standard InChI is InChI=1S/C17H20F6N2O3S/c1-11(2)7-15(26)24-3-5-25(6-4-24)29(27,28)14-9-12(16(18,19)20)8-13(10-14)17(21,22)23/h8-11H,3-7H2,1-2H3. The van der Waals surface area contributed by atoms with Crippen LogP contribution in [0, 0.1) is 5.92 Å². The van der Waals surface area contributed by atoms with Crippen molar-refractivity contribution >= 4 is 15.9 Å². The molecule has 0 atom stereocenters. The van der Waals surface area contributed by atoms with Gasteiger partial charge in [-0.2, -0.15) is 30.6 Å². The number of benzene rings is 1. The Morgan fingerprint density at radius 1 is 0.931 bits per heavy atom. The summed E-state index contributed by atoms with van der Waals surface area (Å²) in [7, 11) is -4.60. The number of hydrogen-bond donors (Lipinski definition) is 0. The fourth-order valence-corrected chi connectivity index (χ4v) is 4.37. The Kier molecular flexibility index (Phi) is 6.58. The molecule has 0 saturated carbocycles. The predicted molar refractivity (Wildman–Crippen MR) is 91.2 cm³/mol. The van der Waals surface area contributed by atoms with Crippen LogP contribution < -0.4 is 0 Å². The van der Waals surface area contributed by atoms with Gasteiger partial charge in [-0.15, -0.1) is 0 Å². The second-order valence-electron chi connectivity index (χ2n) is 7.12. The van der Waals surface area contributed by atoms with Crippen LogP contribution in [0.2, 0.25) is 0 Å². The second kappa shape index (κ2) is 8.13. The van der Waals surface area contributed by atoms with E-state index in [1.807, 2.05) is 13.8 Å². The average Bonchev–Trinajstić information content (AvgIpc) is 2.59. The zero-order chi connectivity index (χ0) is 22.2. The highest BCUT2D eigenvalue weighted by Crippen LogP contribution is 2.37. The number of hydrogen-bond acceptors (Lipinski definition) is 3. The number of halogens is 6. The molecule has 1 amide bonds. The van der Waals surface area contributed by atoms with Gasteiger partial charge in [-0.05, 0) is 24.1 Å². The van der Waals surface area contributed by atoms with Gasteiger partial charge in [0.2, 0.25) is 15.9 Å². The molecule has 5 nitrogen and oxygen atoms in total. The summed E-state index contributed by atoms with van der Waals surface area (Å²) in [6.07, 6.45) is -10.0.